The molecule has 1 aromatic rings. The van der Waals surface area contributed by atoms with E-state index < -0.39 is 11.7 Å². The van der Waals surface area contributed by atoms with Crippen molar-refractivity contribution in [2.75, 3.05) is 6.61 Å². The van der Waals surface area contributed by atoms with E-state index in [0.29, 0.717) is 0 Å². The van der Waals surface area contributed by atoms with Crippen molar-refractivity contribution >= 4 is 0 Å². The summed E-state index contributed by atoms with van der Waals surface area (Å²) in [5.41, 5.74) is -0.910. The molecule has 5 heteroatoms. The lowest BCUT2D eigenvalue weighted by molar-refractivity contribution is -0.139. The topological polar surface area (TPSA) is 33.0 Å². The first kappa shape index (κ1) is 15.4. The Hall–Kier alpha value is -1.70. The Kier molecular flexibility index (Phi) is 5.68. The van der Waals surface area contributed by atoms with Crippen LogP contribution in [0.4, 0.5) is 13.2 Å². The first-order valence-corrected chi connectivity index (χ1v) is 6.23. The van der Waals surface area contributed by atoms with E-state index in [0.717, 1.165) is 31.7 Å². The highest BCUT2D eigenvalue weighted by Crippen LogP contribution is 2.36. The number of unbranched alkanes of at least 4 members (excludes halogenated alkanes) is 3. The molecule has 0 aliphatic carbocycles. The van der Waals surface area contributed by atoms with Gasteiger partial charge in [-0.3, -0.25) is 0 Å². The van der Waals surface area contributed by atoms with Gasteiger partial charge in [0.25, 0.3) is 0 Å². The molecule has 1 aromatic carbocycles. The van der Waals surface area contributed by atoms with Crippen LogP contribution in [0.1, 0.15) is 43.7 Å². The van der Waals surface area contributed by atoms with E-state index in [4.69, 9.17) is 10.00 Å². The zero-order valence-electron chi connectivity index (χ0n) is 10.8. The van der Waals surface area contributed by atoms with Crippen LogP contribution in [0.25, 0.3) is 0 Å². The van der Waals surface area contributed by atoms with Gasteiger partial charge in [-0.25, -0.2) is 0 Å². The Balaban J connectivity index is 2.74. The smallest absolute Gasteiger partial charge is 0.420 e. The van der Waals surface area contributed by atoms with Gasteiger partial charge < -0.3 is 4.74 Å². The number of nitriles is 1. The summed E-state index contributed by atoms with van der Waals surface area (Å²) in [7, 11) is 0. The van der Waals surface area contributed by atoms with E-state index in [2.05, 4.69) is 6.92 Å². The Bertz CT molecular complexity index is 449. The Morgan fingerprint density at radius 2 is 1.95 bits per heavy atom. The zero-order chi connectivity index (χ0) is 14.3. The summed E-state index contributed by atoms with van der Waals surface area (Å²) in [5.74, 6) is -0.206. The normalized spacial score (nSPS) is 11.1. The molecule has 0 atom stereocenters. The SMILES string of the molecule is CCCCCCOc1ccc(C#N)cc1C(F)(F)F. The molecule has 2 nitrogen and oxygen atoms in total. The Morgan fingerprint density at radius 1 is 1.21 bits per heavy atom. The zero-order valence-corrected chi connectivity index (χ0v) is 10.8. The first-order valence-electron chi connectivity index (χ1n) is 6.23. The van der Waals surface area contributed by atoms with Crippen molar-refractivity contribution in [3.63, 3.8) is 0 Å². The van der Waals surface area contributed by atoms with Gasteiger partial charge in [-0.1, -0.05) is 26.2 Å². The van der Waals surface area contributed by atoms with Crippen LogP contribution in [0.3, 0.4) is 0 Å². The third-order valence-electron chi connectivity index (χ3n) is 2.67. The number of nitrogens with zero attached hydrogens (tertiary/aromatic N) is 1. The molecule has 0 unspecified atom stereocenters. The van der Waals surface area contributed by atoms with Crippen molar-refractivity contribution in [1.82, 2.24) is 0 Å². The van der Waals surface area contributed by atoms with Gasteiger partial charge in [-0.05, 0) is 24.6 Å². The standard InChI is InChI=1S/C14H16F3NO/c1-2-3-4-5-8-19-13-7-6-11(10-18)9-12(13)14(15,16)17/h6-7,9H,2-5,8H2,1H3. The summed E-state index contributed by atoms with van der Waals surface area (Å²) >= 11 is 0. The third-order valence-corrected chi connectivity index (χ3v) is 2.67. The number of hydrogen-bond acceptors (Lipinski definition) is 2. The maximum atomic E-state index is 12.8. The highest BCUT2D eigenvalue weighted by molar-refractivity contribution is 5.43. The van der Waals surface area contributed by atoms with Gasteiger partial charge in [0.05, 0.1) is 23.8 Å². The van der Waals surface area contributed by atoms with Gasteiger partial charge >= 0.3 is 6.18 Å². The third kappa shape index (κ3) is 4.82. The van der Waals surface area contributed by atoms with E-state index >= 15 is 0 Å². The Morgan fingerprint density at radius 3 is 2.53 bits per heavy atom. The average Bonchev–Trinajstić information content (AvgIpc) is 2.37. The number of hydrogen-bond donors (Lipinski definition) is 0. The van der Waals surface area contributed by atoms with E-state index in [-0.39, 0.29) is 17.9 Å². The van der Waals surface area contributed by atoms with Crippen LogP contribution in [-0.4, -0.2) is 6.61 Å². The molecule has 0 aliphatic heterocycles. The van der Waals surface area contributed by atoms with Crippen molar-refractivity contribution in [3.05, 3.63) is 29.3 Å². The van der Waals surface area contributed by atoms with Crippen LogP contribution < -0.4 is 4.74 Å². The van der Waals surface area contributed by atoms with Crippen LogP contribution in [-0.2, 0) is 6.18 Å². The minimum absolute atomic E-state index is 0.0225. The van der Waals surface area contributed by atoms with E-state index in [1.54, 1.807) is 6.07 Å². The van der Waals surface area contributed by atoms with Crippen molar-refractivity contribution in [1.29, 1.82) is 5.26 Å². The van der Waals surface area contributed by atoms with Crippen LogP contribution in [0, 0.1) is 11.3 Å². The second-order valence-corrected chi connectivity index (χ2v) is 4.23. The van der Waals surface area contributed by atoms with E-state index in [1.165, 1.54) is 12.1 Å². The van der Waals surface area contributed by atoms with Crippen molar-refractivity contribution < 1.29 is 17.9 Å². The lowest BCUT2D eigenvalue weighted by atomic mass is 10.1. The van der Waals surface area contributed by atoms with Crippen molar-refractivity contribution in [2.24, 2.45) is 0 Å². The van der Waals surface area contributed by atoms with Gasteiger partial charge in [0, 0.05) is 0 Å². The molecule has 0 heterocycles. The first-order chi connectivity index (χ1) is 8.99. The fraction of sp³-hybridized carbons (Fsp3) is 0.500. The summed E-state index contributed by atoms with van der Waals surface area (Å²) in [4.78, 5) is 0. The van der Waals surface area contributed by atoms with Crippen LogP contribution in [0.15, 0.2) is 18.2 Å². The number of halogens is 3. The summed E-state index contributed by atoms with van der Waals surface area (Å²) in [6.07, 6.45) is -0.738. The number of ether oxygens (including phenoxy) is 1. The second-order valence-electron chi connectivity index (χ2n) is 4.23. The van der Waals surface area contributed by atoms with Gasteiger partial charge in [0.2, 0.25) is 0 Å². The molecule has 0 N–H and O–H groups in total. The lowest BCUT2D eigenvalue weighted by Gasteiger charge is -2.14. The molecule has 0 aromatic heterocycles. The molecule has 1 rings (SSSR count). The molecule has 0 fully saturated rings. The average molecular weight is 271 g/mol. The van der Waals surface area contributed by atoms with Gasteiger partial charge in [0.15, 0.2) is 0 Å². The molecular formula is C14H16F3NO. The van der Waals surface area contributed by atoms with Crippen LogP contribution >= 0.6 is 0 Å². The summed E-state index contributed by atoms with van der Waals surface area (Å²) in [5, 5.41) is 8.63. The maximum absolute atomic E-state index is 12.8. The number of benzene rings is 1. The fourth-order valence-electron chi connectivity index (χ4n) is 1.66. The van der Waals surface area contributed by atoms with Gasteiger partial charge in [-0.2, -0.15) is 18.4 Å². The number of rotatable bonds is 6. The minimum atomic E-state index is -4.51. The largest absolute Gasteiger partial charge is 0.493 e. The monoisotopic (exact) mass is 271 g/mol. The molecule has 0 saturated carbocycles. The predicted octanol–water partition coefficient (Wildman–Crippen LogP) is 4.54. The highest BCUT2D eigenvalue weighted by atomic mass is 19.4. The van der Waals surface area contributed by atoms with Gasteiger partial charge in [-0.15, -0.1) is 0 Å². The summed E-state index contributed by atoms with van der Waals surface area (Å²) in [6.45, 7) is 2.32. The second kappa shape index (κ2) is 7.03. The quantitative estimate of drug-likeness (QED) is 0.712. The molecule has 0 radical (unpaired) electrons. The molecule has 0 bridgehead atoms. The predicted molar refractivity (Wildman–Crippen MR) is 65.8 cm³/mol. The van der Waals surface area contributed by atoms with Crippen LogP contribution in [0.2, 0.25) is 0 Å². The molecule has 0 aliphatic rings. The Labute approximate surface area is 110 Å². The molecule has 0 amide bonds. The molecule has 104 valence electrons. The summed E-state index contributed by atoms with van der Waals surface area (Å²) in [6, 6.07) is 5.06. The van der Waals surface area contributed by atoms with E-state index in [1.807, 2.05) is 0 Å². The lowest BCUT2D eigenvalue weighted by Crippen LogP contribution is -2.10. The van der Waals surface area contributed by atoms with Gasteiger partial charge in [0.1, 0.15) is 5.75 Å². The van der Waals surface area contributed by atoms with Crippen molar-refractivity contribution in [2.45, 2.75) is 38.8 Å². The summed E-state index contributed by atoms with van der Waals surface area (Å²) < 4.78 is 43.6. The molecule has 19 heavy (non-hydrogen) atoms. The van der Waals surface area contributed by atoms with Crippen molar-refractivity contribution in [3.8, 4) is 11.8 Å². The highest BCUT2D eigenvalue weighted by Gasteiger charge is 2.34. The maximum Gasteiger partial charge on any atom is 0.420 e. The minimum Gasteiger partial charge on any atom is -0.493 e. The fourth-order valence-corrected chi connectivity index (χ4v) is 1.66. The molecule has 0 saturated heterocycles. The number of alkyl halides is 3. The van der Waals surface area contributed by atoms with Crippen LogP contribution in [0.5, 0.6) is 5.75 Å². The molecular weight excluding hydrogens is 255 g/mol. The molecule has 0 spiro atoms. The van der Waals surface area contributed by atoms with E-state index in [9.17, 15) is 13.2 Å².